The zero-order valence-corrected chi connectivity index (χ0v) is 20.1. The molecule has 3 rings (SSSR count). The Balaban J connectivity index is 1.87. The summed E-state index contributed by atoms with van der Waals surface area (Å²) in [7, 11) is 1.36. The second-order valence-electron chi connectivity index (χ2n) is 8.76. The van der Waals surface area contributed by atoms with Gasteiger partial charge in [-0.3, -0.25) is 9.78 Å². The normalized spacial score (nSPS) is 14.6. The third-order valence-electron chi connectivity index (χ3n) is 6.36. The molecule has 0 unspecified atom stereocenters. The maximum atomic E-state index is 13.0. The van der Waals surface area contributed by atoms with Gasteiger partial charge in [0.2, 0.25) is 5.91 Å². The zero-order chi connectivity index (χ0) is 24.3. The number of carbonyl (C=O) groups excluding carboxylic acids is 2. The van der Waals surface area contributed by atoms with E-state index in [1.54, 1.807) is 12.3 Å². The lowest BCUT2D eigenvalue weighted by molar-refractivity contribution is -0.136. The Morgan fingerprint density at radius 3 is 2.56 bits per heavy atom. The Morgan fingerprint density at radius 1 is 1.15 bits per heavy atom. The van der Waals surface area contributed by atoms with Crippen LogP contribution in [-0.4, -0.2) is 24.0 Å². The predicted molar refractivity (Wildman–Crippen MR) is 131 cm³/mol. The SMILES string of the molecule is CCCC/C(NC(=O)C1CCCCC1)=C(\Cc1ccc(-c2ccccc2C#N)nc1)C(=O)OC. The monoisotopic (exact) mass is 459 g/mol. The number of aromatic nitrogens is 1. The summed E-state index contributed by atoms with van der Waals surface area (Å²) in [6.07, 6.45) is 9.57. The van der Waals surface area contributed by atoms with E-state index in [-0.39, 0.29) is 11.8 Å². The first kappa shape index (κ1) is 25.2. The Labute approximate surface area is 202 Å². The number of carbonyl (C=O) groups is 2. The van der Waals surface area contributed by atoms with E-state index in [1.807, 2.05) is 30.3 Å². The van der Waals surface area contributed by atoms with E-state index in [4.69, 9.17) is 4.74 Å². The fourth-order valence-corrected chi connectivity index (χ4v) is 4.38. The molecule has 178 valence electrons. The Bertz CT molecular complexity index is 1060. The van der Waals surface area contributed by atoms with Crippen molar-refractivity contribution in [2.75, 3.05) is 7.11 Å². The third kappa shape index (κ3) is 6.54. The van der Waals surface area contributed by atoms with Crippen LogP contribution in [0.3, 0.4) is 0 Å². The van der Waals surface area contributed by atoms with Gasteiger partial charge in [-0.15, -0.1) is 0 Å². The van der Waals surface area contributed by atoms with E-state index in [2.05, 4.69) is 23.3 Å². The molecule has 0 saturated heterocycles. The van der Waals surface area contributed by atoms with Gasteiger partial charge in [0.25, 0.3) is 0 Å². The number of esters is 1. The number of nitrogens with zero attached hydrogens (tertiary/aromatic N) is 2. The molecule has 34 heavy (non-hydrogen) atoms. The number of ether oxygens (including phenoxy) is 1. The number of methoxy groups -OCH3 is 1. The number of allylic oxidation sites excluding steroid dienone is 1. The quantitative estimate of drug-likeness (QED) is 0.396. The van der Waals surface area contributed by atoms with Gasteiger partial charge in [-0.05, 0) is 43.4 Å². The average Bonchev–Trinajstić information content (AvgIpc) is 2.90. The van der Waals surface area contributed by atoms with Crippen molar-refractivity contribution in [3.05, 3.63) is 65.0 Å². The summed E-state index contributed by atoms with van der Waals surface area (Å²) in [4.78, 5) is 30.3. The van der Waals surface area contributed by atoms with Gasteiger partial charge < -0.3 is 10.1 Å². The lowest BCUT2D eigenvalue weighted by Gasteiger charge is -2.23. The summed E-state index contributed by atoms with van der Waals surface area (Å²) >= 11 is 0. The molecule has 1 aromatic carbocycles. The van der Waals surface area contributed by atoms with Crippen molar-refractivity contribution in [1.29, 1.82) is 5.26 Å². The number of nitrogens with one attached hydrogen (secondary N) is 1. The van der Waals surface area contributed by atoms with E-state index in [0.29, 0.717) is 35.4 Å². The molecule has 0 radical (unpaired) electrons. The van der Waals surface area contributed by atoms with Gasteiger partial charge in [-0.1, -0.05) is 56.9 Å². The third-order valence-corrected chi connectivity index (χ3v) is 6.36. The average molecular weight is 460 g/mol. The number of unbranched alkanes of at least 4 members (excludes halogenated alkanes) is 1. The van der Waals surface area contributed by atoms with Gasteiger partial charge in [0.05, 0.1) is 30.0 Å². The summed E-state index contributed by atoms with van der Waals surface area (Å²) in [5.41, 5.74) is 3.98. The van der Waals surface area contributed by atoms with Crippen LogP contribution < -0.4 is 5.32 Å². The second kappa shape index (κ2) is 12.7. The van der Waals surface area contributed by atoms with Gasteiger partial charge in [-0.25, -0.2) is 4.79 Å². The van der Waals surface area contributed by atoms with E-state index in [0.717, 1.165) is 49.7 Å². The maximum Gasteiger partial charge on any atom is 0.335 e. The van der Waals surface area contributed by atoms with Gasteiger partial charge in [0, 0.05) is 29.8 Å². The molecule has 6 nitrogen and oxygen atoms in total. The number of hydrogen-bond donors (Lipinski definition) is 1. The first-order valence-electron chi connectivity index (χ1n) is 12.1. The van der Waals surface area contributed by atoms with Crippen LogP contribution in [0.5, 0.6) is 0 Å². The number of rotatable bonds is 9. The smallest absolute Gasteiger partial charge is 0.335 e. The summed E-state index contributed by atoms with van der Waals surface area (Å²) in [5.74, 6) is -0.423. The van der Waals surface area contributed by atoms with Crippen LogP contribution >= 0.6 is 0 Å². The van der Waals surface area contributed by atoms with Gasteiger partial charge >= 0.3 is 5.97 Å². The van der Waals surface area contributed by atoms with Crippen molar-refractivity contribution in [1.82, 2.24) is 10.3 Å². The van der Waals surface area contributed by atoms with Crippen LogP contribution in [0.2, 0.25) is 0 Å². The van der Waals surface area contributed by atoms with Crippen LogP contribution in [-0.2, 0) is 20.7 Å². The molecule has 0 aliphatic heterocycles. The Kier molecular flexibility index (Phi) is 9.40. The summed E-state index contributed by atoms with van der Waals surface area (Å²) in [6, 6.07) is 13.3. The van der Waals surface area contributed by atoms with Crippen molar-refractivity contribution in [2.45, 2.75) is 64.7 Å². The zero-order valence-electron chi connectivity index (χ0n) is 20.1. The van der Waals surface area contributed by atoms with Crippen LogP contribution in [0.15, 0.2) is 53.9 Å². The van der Waals surface area contributed by atoms with Gasteiger partial charge in [0.1, 0.15) is 0 Å². The van der Waals surface area contributed by atoms with E-state index in [9.17, 15) is 14.9 Å². The molecule has 0 bridgehead atoms. The van der Waals surface area contributed by atoms with Crippen molar-refractivity contribution in [2.24, 2.45) is 5.92 Å². The molecule has 1 aliphatic carbocycles. The van der Waals surface area contributed by atoms with Crippen molar-refractivity contribution < 1.29 is 14.3 Å². The molecule has 1 N–H and O–H groups in total. The molecule has 1 fully saturated rings. The number of hydrogen-bond acceptors (Lipinski definition) is 5. The molecule has 6 heteroatoms. The van der Waals surface area contributed by atoms with Gasteiger partial charge in [-0.2, -0.15) is 5.26 Å². The molecule has 0 spiro atoms. The van der Waals surface area contributed by atoms with E-state index < -0.39 is 5.97 Å². The Morgan fingerprint density at radius 2 is 1.91 bits per heavy atom. The summed E-state index contributed by atoms with van der Waals surface area (Å²) < 4.78 is 5.09. The topological polar surface area (TPSA) is 92.1 Å². The minimum atomic E-state index is -0.436. The lowest BCUT2D eigenvalue weighted by atomic mass is 9.88. The highest BCUT2D eigenvalue weighted by atomic mass is 16.5. The molecule has 2 aromatic rings. The number of pyridine rings is 1. The standard InChI is InChI=1S/C28H33N3O3/c1-3-4-14-26(31-27(32)21-10-6-5-7-11-21)24(28(33)34-2)17-20-15-16-25(30-19-20)23-13-9-8-12-22(23)18-29/h8-9,12-13,15-16,19,21H,3-7,10-11,14,17H2,1-2H3,(H,31,32)/b26-24-. The molecular weight excluding hydrogens is 426 g/mol. The largest absolute Gasteiger partial charge is 0.466 e. The maximum absolute atomic E-state index is 13.0. The minimum Gasteiger partial charge on any atom is -0.466 e. The van der Waals surface area contributed by atoms with Crippen molar-refractivity contribution in [3.63, 3.8) is 0 Å². The summed E-state index contributed by atoms with van der Waals surface area (Å²) in [5, 5.41) is 12.5. The van der Waals surface area contributed by atoms with E-state index in [1.165, 1.54) is 13.5 Å². The molecule has 1 aliphatic rings. The lowest BCUT2D eigenvalue weighted by Crippen LogP contribution is -2.33. The number of nitriles is 1. The highest BCUT2D eigenvalue weighted by Gasteiger charge is 2.24. The molecule has 1 heterocycles. The highest BCUT2D eigenvalue weighted by Crippen LogP contribution is 2.26. The highest BCUT2D eigenvalue weighted by molar-refractivity contribution is 5.91. The van der Waals surface area contributed by atoms with Crippen LogP contribution in [0, 0.1) is 17.2 Å². The number of benzene rings is 1. The van der Waals surface area contributed by atoms with Crippen LogP contribution in [0.1, 0.15) is 69.4 Å². The van der Waals surface area contributed by atoms with Crippen LogP contribution in [0.4, 0.5) is 0 Å². The fraction of sp³-hybridized carbons (Fsp3) is 0.429. The second-order valence-corrected chi connectivity index (χ2v) is 8.76. The van der Waals surface area contributed by atoms with E-state index >= 15 is 0 Å². The Hall–Kier alpha value is -3.46. The van der Waals surface area contributed by atoms with Crippen molar-refractivity contribution >= 4 is 11.9 Å². The molecular formula is C28H33N3O3. The van der Waals surface area contributed by atoms with Crippen LogP contribution in [0.25, 0.3) is 11.3 Å². The number of amides is 1. The first-order valence-corrected chi connectivity index (χ1v) is 12.1. The molecule has 1 saturated carbocycles. The summed E-state index contributed by atoms with van der Waals surface area (Å²) in [6.45, 7) is 2.08. The minimum absolute atomic E-state index is 0.00502. The van der Waals surface area contributed by atoms with Gasteiger partial charge in [0.15, 0.2) is 0 Å². The van der Waals surface area contributed by atoms with Crippen molar-refractivity contribution in [3.8, 4) is 17.3 Å². The predicted octanol–water partition coefficient (Wildman–Crippen LogP) is 5.48. The molecule has 1 aromatic heterocycles. The fourth-order valence-electron chi connectivity index (χ4n) is 4.38. The molecule has 1 amide bonds. The molecule has 0 atom stereocenters. The first-order chi connectivity index (χ1) is 16.6.